The lowest BCUT2D eigenvalue weighted by Crippen LogP contribution is -2.49. The number of piperazine rings is 1. The number of nitrogens with zero attached hydrogens (tertiary/aromatic N) is 4. The number of benzene rings is 3. The number of para-hydroxylation sites is 2. The molecule has 0 spiro atoms. The zero-order chi connectivity index (χ0) is 24.0. The molecule has 35 heavy (non-hydrogen) atoms. The fourth-order valence-electron chi connectivity index (χ4n) is 4.55. The molecule has 0 aliphatic carbocycles. The number of hydrogen-bond acceptors (Lipinski definition) is 4. The Labute approximate surface area is 206 Å². The molecule has 1 aromatic heterocycles. The van der Waals surface area contributed by atoms with E-state index in [1.54, 1.807) is 0 Å². The number of carbonyl (C=O) groups excluding carboxylic acids is 1. The molecule has 0 saturated carbocycles. The van der Waals surface area contributed by atoms with E-state index in [0.29, 0.717) is 19.7 Å². The van der Waals surface area contributed by atoms with Gasteiger partial charge in [0.25, 0.3) is 0 Å². The topological polar surface area (TPSA) is 50.6 Å². The van der Waals surface area contributed by atoms with E-state index in [9.17, 15) is 4.79 Å². The molecule has 1 fully saturated rings. The Balaban J connectivity index is 1.32. The van der Waals surface area contributed by atoms with Gasteiger partial charge >= 0.3 is 0 Å². The summed E-state index contributed by atoms with van der Waals surface area (Å²) in [4.78, 5) is 17.6. The van der Waals surface area contributed by atoms with Crippen LogP contribution in [0.1, 0.15) is 6.92 Å². The quantitative estimate of drug-likeness (QED) is 0.386. The number of rotatable bonds is 7. The van der Waals surface area contributed by atoms with Crippen molar-refractivity contribution in [1.82, 2.24) is 14.7 Å². The average molecular weight is 467 g/mol. The molecule has 1 amide bonds. The molecule has 0 bridgehead atoms. The predicted molar refractivity (Wildman–Crippen MR) is 140 cm³/mol. The standard InChI is InChI=1S/C29H30N4O2/c1-2-35-28-16-10-9-15-26(28)31-17-19-32(20-18-31)29(34)22-33-27(24-13-7-4-8-14-24)21-25(30-33)23-11-5-3-6-12-23/h3-16,21H,2,17-20,22H2,1H3. The van der Waals surface area contributed by atoms with Crippen molar-refractivity contribution in [3.63, 3.8) is 0 Å². The lowest BCUT2D eigenvalue weighted by molar-refractivity contribution is -0.132. The Morgan fingerprint density at radius 1 is 0.829 bits per heavy atom. The van der Waals surface area contributed by atoms with Gasteiger partial charge in [-0.05, 0) is 30.7 Å². The molecule has 6 heteroatoms. The Morgan fingerprint density at radius 3 is 2.14 bits per heavy atom. The summed E-state index contributed by atoms with van der Waals surface area (Å²) in [6.45, 7) is 5.74. The first-order valence-corrected chi connectivity index (χ1v) is 12.2. The molecular formula is C29H30N4O2. The van der Waals surface area contributed by atoms with Gasteiger partial charge in [-0.3, -0.25) is 9.48 Å². The molecule has 1 saturated heterocycles. The van der Waals surface area contributed by atoms with Crippen molar-refractivity contribution in [3.8, 4) is 28.3 Å². The van der Waals surface area contributed by atoms with Crippen molar-refractivity contribution >= 4 is 11.6 Å². The summed E-state index contributed by atoms with van der Waals surface area (Å²) < 4.78 is 7.65. The Bertz CT molecular complexity index is 1260. The van der Waals surface area contributed by atoms with Gasteiger partial charge in [-0.15, -0.1) is 0 Å². The van der Waals surface area contributed by atoms with Crippen LogP contribution in [0.25, 0.3) is 22.5 Å². The highest BCUT2D eigenvalue weighted by molar-refractivity contribution is 5.78. The highest BCUT2D eigenvalue weighted by atomic mass is 16.5. The van der Waals surface area contributed by atoms with Crippen molar-refractivity contribution in [2.45, 2.75) is 13.5 Å². The van der Waals surface area contributed by atoms with Crippen LogP contribution < -0.4 is 9.64 Å². The molecule has 0 atom stereocenters. The number of hydrogen-bond donors (Lipinski definition) is 0. The lowest BCUT2D eigenvalue weighted by Gasteiger charge is -2.36. The Hall–Kier alpha value is -4.06. The number of ether oxygens (including phenoxy) is 1. The minimum absolute atomic E-state index is 0.0858. The maximum Gasteiger partial charge on any atom is 0.244 e. The number of amides is 1. The van der Waals surface area contributed by atoms with Crippen LogP contribution in [0.3, 0.4) is 0 Å². The van der Waals surface area contributed by atoms with Gasteiger partial charge in [-0.25, -0.2) is 0 Å². The summed E-state index contributed by atoms with van der Waals surface area (Å²) in [5, 5.41) is 4.83. The number of anilines is 1. The van der Waals surface area contributed by atoms with Crippen LogP contribution in [0.15, 0.2) is 91.0 Å². The molecule has 1 aliphatic rings. The molecule has 0 unspecified atom stereocenters. The van der Waals surface area contributed by atoms with Crippen LogP contribution in [0.4, 0.5) is 5.69 Å². The molecule has 0 radical (unpaired) electrons. The van der Waals surface area contributed by atoms with Crippen LogP contribution in [-0.4, -0.2) is 53.4 Å². The van der Waals surface area contributed by atoms with Crippen molar-refractivity contribution in [1.29, 1.82) is 0 Å². The van der Waals surface area contributed by atoms with Gasteiger partial charge in [-0.1, -0.05) is 72.8 Å². The molecule has 3 aromatic carbocycles. The van der Waals surface area contributed by atoms with Crippen LogP contribution in [0, 0.1) is 0 Å². The normalized spacial score (nSPS) is 13.6. The van der Waals surface area contributed by atoms with Crippen LogP contribution in [-0.2, 0) is 11.3 Å². The van der Waals surface area contributed by atoms with Crippen LogP contribution in [0.2, 0.25) is 0 Å². The van der Waals surface area contributed by atoms with Crippen molar-refractivity contribution in [2.75, 3.05) is 37.7 Å². The molecule has 5 rings (SSSR count). The summed E-state index contributed by atoms with van der Waals surface area (Å²) in [5.74, 6) is 0.981. The van der Waals surface area contributed by atoms with Crippen molar-refractivity contribution in [2.24, 2.45) is 0 Å². The monoisotopic (exact) mass is 466 g/mol. The van der Waals surface area contributed by atoms with Crippen LogP contribution in [0.5, 0.6) is 5.75 Å². The summed E-state index contributed by atoms with van der Waals surface area (Å²) in [6, 6.07) is 30.4. The van der Waals surface area contributed by atoms with Crippen molar-refractivity contribution < 1.29 is 9.53 Å². The summed E-state index contributed by atoms with van der Waals surface area (Å²) in [5.41, 5.74) is 4.99. The molecular weight excluding hydrogens is 436 g/mol. The summed E-state index contributed by atoms with van der Waals surface area (Å²) in [7, 11) is 0. The molecule has 2 heterocycles. The molecule has 0 N–H and O–H groups in total. The average Bonchev–Trinajstić information content (AvgIpc) is 3.34. The first-order chi connectivity index (χ1) is 17.2. The van der Waals surface area contributed by atoms with Gasteiger partial charge in [0.2, 0.25) is 5.91 Å². The molecule has 6 nitrogen and oxygen atoms in total. The van der Waals surface area contributed by atoms with Gasteiger partial charge in [-0.2, -0.15) is 5.10 Å². The number of carbonyl (C=O) groups is 1. The minimum atomic E-state index is 0.0858. The third kappa shape index (κ3) is 5.06. The SMILES string of the molecule is CCOc1ccccc1N1CCN(C(=O)Cn2nc(-c3ccccc3)cc2-c2ccccc2)CC1. The maximum atomic E-state index is 13.3. The van der Waals surface area contributed by atoms with Gasteiger partial charge in [0, 0.05) is 31.7 Å². The maximum absolute atomic E-state index is 13.3. The number of aromatic nitrogens is 2. The van der Waals surface area contributed by atoms with E-state index in [-0.39, 0.29) is 12.5 Å². The van der Waals surface area contributed by atoms with Gasteiger partial charge in [0.15, 0.2) is 0 Å². The molecule has 4 aromatic rings. The summed E-state index contributed by atoms with van der Waals surface area (Å²) >= 11 is 0. The van der Waals surface area contributed by atoms with E-state index in [0.717, 1.165) is 47.0 Å². The second-order valence-electron chi connectivity index (χ2n) is 8.57. The fraction of sp³-hybridized carbons (Fsp3) is 0.241. The Kier molecular flexibility index (Phi) is 6.80. The minimum Gasteiger partial charge on any atom is -0.492 e. The Morgan fingerprint density at radius 2 is 1.46 bits per heavy atom. The summed E-state index contributed by atoms with van der Waals surface area (Å²) in [6.07, 6.45) is 0. The van der Waals surface area contributed by atoms with Gasteiger partial charge < -0.3 is 14.5 Å². The van der Waals surface area contributed by atoms with E-state index in [1.807, 2.05) is 83.2 Å². The zero-order valence-corrected chi connectivity index (χ0v) is 20.0. The van der Waals surface area contributed by atoms with E-state index in [2.05, 4.69) is 29.2 Å². The third-order valence-corrected chi connectivity index (χ3v) is 6.34. The lowest BCUT2D eigenvalue weighted by atomic mass is 10.1. The van der Waals surface area contributed by atoms with Gasteiger partial charge in [0.05, 0.1) is 23.7 Å². The van der Waals surface area contributed by atoms with E-state index in [4.69, 9.17) is 9.84 Å². The van der Waals surface area contributed by atoms with E-state index in [1.165, 1.54) is 0 Å². The molecule has 178 valence electrons. The fourth-order valence-corrected chi connectivity index (χ4v) is 4.55. The van der Waals surface area contributed by atoms with Gasteiger partial charge in [0.1, 0.15) is 12.3 Å². The first kappa shape index (κ1) is 22.7. The second kappa shape index (κ2) is 10.5. The highest BCUT2D eigenvalue weighted by Crippen LogP contribution is 2.29. The highest BCUT2D eigenvalue weighted by Gasteiger charge is 2.24. The van der Waals surface area contributed by atoms with Crippen LogP contribution >= 0.6 is 0 Å². The molecule has 1 aliphatic heterocycles. The smallest absolute Gasteiger partial charge is 0.244 e. The third-order valence-electron chi connectivity index (χ3n) is 6.34. The van der Waals surface area contributed by atoms with E-state index >= 15 is 0 Å². The van der Waals surface area contributed by atoms with Crippen molar-refractivity contribution in [3.05, 3.63) is 91.0 Å². The first-order valence-electron chi connectivity index (χ1n) is 12.2. The zero-order valence-electron chi connectivity index (χ0n) is 20.0. The largest absolute Gasteiger partial charge is 0.492 e. The predicted octanol–water partition coefficient (Wildman–Crippen LogP) is 4.96. The van der Waals surface area contributed by atoms with E-state index < -0.39 is 0 Å². The second-order valence-corrected chi connectivity index (χ2v) is 8.57.